The monoisotopic (exact) mass is 338 g/mol. The number of aromatic nitrogens is 2. The minimum Gasteiger partial charge on any atom is -0.444 e. The van der Waals surface area contributed by atoms with E-state index in [2.05, 4.69) is 15.0 Å². The first-order chi connectivity index (χ1) is 11.2. The lowest BCUT2D eigenvalue weighted by Crippen LogP contribution is -2.49. The number of hydrogen-bond donors (Lipinski definition) is 0. The van der Waals surface area contributed by atoms with E-state index in [9.17, 15) is 4.79 Å². The van der Waals surface area contributed by atoms with Gasteiger partial charge in [0.2, 0.25) is 5.89 Å². The molecule has 1 amide bonds. The Bertz CT molecular complexity index is 550. The zero-order valence-electron chi connectivity index (χ0n) is 15.7. The van der Waals surface area contributed by atoms with Gasteiger partial charge in [0.05, 0.1) is 6.54 Å². The molecule has 2 rings (SSSR count). The molecule has 1 unspecified atom stereocenters. The molecule has 136 valence electrons. The standard InChI is InChI=1S/C17H30N4O3/c1-12(2)15-18-14(24-19-15)11-21-9-7-8-13(10-21)20(6)16(22)23-17(3,4)5/h12-13H,7-11H2,1-6H3. The van der Waals surface area contributed by atoms with Crippen molar-refractivity contribution in [3.05, 3.63) is 11.7 Å². The van der Waals surface area contributed by atoms with E-state index in [1.54, 1.807) is 4.90 Å². The van der Waals surface area contributed by atoms with Gasteiger partial charge in [0.1, 0.15) is 5.60 Å². The van der Waals surface area contributed by atoms with E-state index in [1.807, 2.05) is 41.7 Å². The molecule has 0 bridgehead atoms. The van der Waals surface area contributed by atoms with Crippen LogP contribution < -0.4 is 0 Å². The van der Waals surface area contributed by atoms with E-state index >= 15 is 0 Å². The van der Waals surface area contributed by atoms with Crippen molar-refractivity contribution in [3.63, 3.8) is 0 Å². The maximum atomic E-state index is 12.2. The molecule has 7 nitrogen and oxygen atoms in total. The van der Waals surface area contributed by atoms with E-state index in [0.717, 1.165) is 31.8 Å². The van der Waals surface area contributed by atoms with Gasteiger partial charge in [-0.2, -0.15) is 4.98 Å². The van der Waals surface area contributed by atoms with Crippen LogP contribution in [0.3, 0.4) is 0 Å². The number of likely N-dealkylation sites (tertiary alicyclic amines) is 1. The molecule has 1 aromatic rings. The molecule has 1 atom stereocenters. The Morgan fingerprint density at radius 1 is 1.46 bits per heavy atom. The summed E-state index contributed by atoms with van der Waals surface area (Å²) >= 11 is 0. The summed E-state index contributed by atoms with van der Waals surface area (Å²) in [5.41, 5.74) is -0.475. The normalized spacial score (nSPS) is 19.5. The summed E-state index contributed by atoms with van der Waals surface area (Å²) in [5.74, 6) is 1.64. The van der Waals surface area contributed by atoms with E-state index < -0.39 is 5.60 Å². The lowest BCUT2D eigenvalue weighted by atomic mass is 10.0. The average Bonchev–Trinajstić information content (AvgIpc) is 2.93. The Labute approximate surface area is 144 Å². The third-order valence-electron chi connectivity index (χ3n) is 4.07. The van der Waals surface area contributed by atoms with Crippen molar-refractivity contribution in [2.75, 3.05) is 20.1 Å². The molecule has 1 saturated heterocycles. The fourth-order valence-electron chi connectivity index (χ4n) is 2.73. The molecule has 1 aliphatic heterocycles. The Kier molecular flexibility index (Phi) is 5.85. The molecule has 1 fully saturated rings. The zero-order valence-corrected chi connectivity index (χ0v) is 15.7. The molecule has 0 saturated carbocycles. The van der Waals surface area contributed by atoms with Gasteiger partial charge >= 0.3 is 6.09 Å². The van der Waals surface area contributed by atoms with Crippen LogP contribution in [0.2, 0.25) is 0 Å². The van der Waals surface area contributed by atoms with E-state index in [-0.39, 0.29) is 18.1 Å². The van der Waals surface area contributed by atoms with Gasteiger partial charge in [-0.25, -0.2) is 4.79 Å². The fourth-order valence-corrected chi connectivity index (χ4v) is 2.73. The molecule has 0 aromatic carbocycles. The summed E-state index contributed by atoms with van der Waals surface area (Å²) in [5, 5.41) is 4.01. The van der Waals surface area contributed by atoms with Crippen molar-refractivity contribution in [3.8, 4) is 0 Å². The van der Waals surface area contributed by atoms with Crippen molar-refractivity contribution in [1.82, 2.24) is 19.9 Å². The number of likely N-dealkylation sites (N-methyl/N-ethyl adjacent to an activating group) is 1. The molecular weight excluding hydrogens is 308 g/mol. The minimum atomic E-state index is -0.475. The zero-order chi connectivity index (χ0) is 17.9. The predicted octanol–water partition coefficient (Wildman–Crippen LogP) is 3.02. The quantitative estimate of drug-likeness (QED) is 0.840. The first-order valence-electron chi connectivity index (χ1n) is 8.66. The number of carbonyl (C=O) groups is 1. The maximum Gasteiger partial charge on any atom is 0.410 e. The van der Waals surface area contributed by atoms with Crippen molar-refractivity contribution in [1.29, 1.82) is 0 Å². The third-order valence-corrected chi connectivity index (χ3v) is 4.07. The topological polar surface area (TPSA) is 71.7 Å². The minimum absolute atomic E-state index is 0.140. The molecule has 1 aromatic heterocycles. The highest BCUT2D eigenvalue weighted by Crippen LogP contribution is 2.19. The molecule has 24 heavy (non-hydrogen) atoms. The number of piperidine rings is 1. The predicted molar refractivity (Wildman–Crippen MR) is 90.7 cm³/mol. The molecule has 0 radical (unpaired) electrons. The number of hydrogen-bond acceptors (Lipinski definition) is 6. The summed E-state index contributed by atoms with van der Waals surface area (Å²) in [7, 11) is 1.81. The van der Waals surface area contributed by atoms with Crippen LogP contribution in [0.5, 0.6) is 0 Å². The smallest absolute Gasteiger partial charge is 0.410 e. The summed E-state index contributed by atoms with van der Waals surface area (Å²) in [6.07, 6.45) is 1.74. The lowest BCUT2D eigenvalue weighted by molar-refractivity contribution is 0.0124. The van der Waals surface area contributed by atoms with Crippen molar-refractivity contribution in [2.24, 2.45) is 0 Å². The molecule has 1 aliphatic rings. The van der Waals surface area contributed by atoms with Gasteiger partial charge in [-0.05, 0) is 40.2 Å². The fraction of sp³-hybridized carbons (Fsp3) is 0.824. The van der Waals surface area contributed by atoms with Crippen LogP contribution >= 0.6 is 0 Å². The highest BCUT2D eigenvalue weighted by Gasteiger charge is 2.29. The molecular formula is C17H30N4O3. The van der Waals surface area contributed by atoms with E-state index in [0.29, 0.717) is 12.4 Å². The second-order valence-electron chi connectivity index (χ2n) is 7.82. The SMILES string of the molecule is CC(C)c1noc(CN2CCCC(N(C)C(=O)OC(C)(C)C)C2)n1. The highest BCUT2D eigenvalue weighted by atomic mass is 16.6. The number of amides is 1. The summed E-state index contributed by atoms with van der Waals surface area (Å²) in [6, 6.07) is 0.140. The Morgan fingerprint density at radius 2 is 2.17 bits per heavy atom. The Morgan fingerprint density at radius 3 is 2.75 bits per heavy atom. The van der Waals surface area contributed by atoms with Gasteiger partial charge < -0.3 is 14.2 Å². The highest BCUT2D eigenvalue weighted by molar-refractivity contribution is 5.68. The average molecular weight is 338 g/mol. The molecule has 2 heterocycles. The number of carbonyl (C=O) groups excluding carboxylic acids is 1. The molecule has 0 N–H and O–H groups in total. The number of rotatable bonds is 4. The Balaban J connectivity index is 1.92. The largest absolute Gasteiger partial charge is 0.444 e. The number of ether oxygens (including phenoxy) is 1. The van der Waals surface area contributed by atoms with E-state index in [1.165, 1.54) is 0 Å². The van der Waals surface area contributed by atoms with Crippen LogP contribution in [0, 0.1) is 0 Å². The molecule has 0 spiro atoms. The van der Waals surface area contributed by atoms with Gasteiger partial charge in [-0.15, -0.1) is 0 Å². The summed E-state index contributed by atoms with van der Waals surface area (Å²) < 4.78 is 10.8. The van der Waals surface area contributed by atoms with Crippen LogP contribution in [0.15, 0.2) is 4.52 Å². The van der Waals surface area contributed by atoms with Crippen LogP contribution in [-0.2, 0) is 11.3 Å². The second-order valence-corrected chi connectivity index (χ2v) is 7.82. The molecule has 0 aliphatic carbocycles. The maximum absolute atomic E-state index is 12.2. The van der Waals surface area contributed by atoms with Crippen LogP contribution in [-0.4, -0.2) is 57.8 Å². The van der Waals surface area contributed by atoms with E-state index in [4.69, 9.17) is 9.26 Å². The first kappa shape index (κ1) is 18.7. The van der Waals surface area contributed by atoms with Crippen LogP contribution in [0.25, 0.3) is 0 Å². The van der Waals surface area contributed by atoms with Crippen molar-refractivity contribution >= 4 is 6.09 Å². The summed E-state index contributed by atoms with van der Waals surface area (Å²) in [6.45, 7) is 12.1. The van der Waals surface area contributed by atoms with Gasteiger partial charge in [0, 0.05) is 25.6 Å². The molecule has 7 heteroatoms. The van der Waals surface area contributed by atoms with Crippen molar-refractivity contribution < 1.29 is 14.1 Å². The van der Waals surface area contributed by atoms with Gasteiger partial charge in [0.25, 0.3) is 0 Å². The summed E-state index contributed by atoms with van der Waals surface area (Å²) in [4.78, 5) is 20.6. The van der Waals surface area contributed by atoms with Gasteiger partial charge in [-0.1, -0.05) is 19.0 Å². The van der Waals surface area contributed by atoms with Gasteiger partial charge in [-0.3, -0.25) is 4.90 Å². The lowest BCUT2D eigenvalue weighted by Gasteiger charge is -2.37. The Hall–Kier alpha value is -1.63. The van der Waals surface area contributed by atoms with Crippen LogP contribution in [0.1, 0.15) is 65.1 Å². The first-order valence-corrected chi connectivity index (χ1v) is 8.66. The number of nitrogens with zero attached hydrogens (tertiary/aromatic N) is 4. The third kappa shape index (κ3) is 5.19. The van der Waals surface area contributed by atoms with Crippen LogP contribution in [0.4, 0.5) is 4.79 Å². The van der Waals surface area contributed by atoms with Crippen molar-refractivity contribution in [2.45, 2.75) is 71.6 Å². The van der Waals surface area contributed by atoms with Gasteiger partial charge in [0.15, 0.2) is 5.82 Å². The second kappa shape index (κ2) is 7.51.